The number of rotatable bonds is 3. The molecule has 2 N–H and O–H groups in total. The maximum atomic E-state index is 11.4. The fourth-order valence-electron chi connectivity index (χ4n) is 3.46. The molecule has 2 aliphatic rings. The highest BCUT2D eigenvalue weighted by Gasteiger charge is 2.45. The van der Waals surface area contributed by atoms with Crippen LogP contribution in [0.2, 0.25) is 0 Å². The molecule has 110 valence electrons. The van der Waals surface area contributed by atoms with E-state index >= 15 is 0 Å². The van der Waals surface area contributed by atoms with Gasteiger partial charge in [0.1, 0.15) is 0 Å². The second-order valence-electron chi connectivity index (χ2n) is 5.85. The lowest BCUT2D eigenvalue weighted by atomic mass is 9.94. The van der Waals surface area contributed by atoms with Crippen molar-refractivity contribution >= 4 is 21.6 Å². The van der Waals surface area contributed by atoms with Crippen molar-refractivity contribution in [3.8, 4) is 0 Å². The van der Waals surface area contributed by atoms with Crippen LogP contribution in [0.5, 0.6) is 0 Å². The van der Waals surface area contributed by atoms with E-state index in [9.17, 15) is 4.79 Å². The van der Waals surface area contributed by atoms with E-state index in [-0.39, 0.29) is 11.7 Å². The van der Waals surface area contributed by atoms with Gasteiger partial charge >= 0.3 is 5.69 Å². The Bertz CT molecular complexity index is 707. The van der Waals surface area contributed by atoms with E-state index < -0.39 is 0 Å². The van der Waals surface area contributed by atoms with Crippen LogP contribution >= 0.6 is 15.9 Å². The summed E-state index contributed by atoms with van der Waals surface area (Å²) in [5.74, 6) is 2.07. The summed E-state index contributed by atoms with van der Waals surface area (Å²) in [7, 11) is 0. The van der Waals surface area contributed by atoms with Gasteiger partial charge in [0.2, 0.25) is 0 Å². The molecule has 2 atom stereocenters. The molecule has 0 bridgehead atoms. The summed E-state index contributed by atoms with van der Waals surface area (Å²) >= 11 is 3.48. The smallest absolute Gasteiger partial charge is 0.340 e. The van der Waals surface area contributed by atoms with Crippen LogP contribution < -0.4 is 10.6 Å². The second kappa shape index (κ2) is 4.98. The highest BCUT2D eigenvalue weighted by atomic mass is 79.9. The maximum Gasteiger partial charge on any atom is 0.340 e. The van der Waals surface area contributed by atoms with E-state index in [4.69, 9.17) is 0 Å². The standard InChI is InChI=1S/C14H16BrN5O/c15-9-5-10(7-16-6-9)20-4-3-11(8-1-2-8)12(20)13-17-14(21)19-18-13/h5-8,11-12H,1-4H2,(H2,17,18,19,21). The summed E-state index contributed by atoms with van der Waals surface area (Å²) in [6.45, 7) is 0.971. The van der Waals surface area contributed by atoms with E-state index in [2.05, 4.69) is 47.1 Å². The number of nitrogens with zero attached hydrogens (tertiary/aromatic N) is 3. The van der Waals surface area contributed by atoms with Gasteiger partial charge < -0.3 is 4.90 Å². The molecule has 3 heterocycles. The number of aromatic nitrogens is 4. The maximum absolute atomic E-state index is 11.4. The van der Waals surface area contributed by atoms with Crippen molar-refractivity contribution in [1.29, 1.82) is 0 Å². The fraction of sp³-hybridized carbons (Fsp3) is 0.500. The van der Waals surface area contributed by atoms with Gasteiger partial charge in [-0.05, 0) is 53.1 Å². The van der Waals surface area contributed by atoms with Gasteiger partial charge in [0.15, 0.2) is 5.82 Å². The van der Waals surface area contributed by atoms with Gasteiger partial charge in [0.25, 0.3) is 0 Å². The largest absolute Gasteiger partial charge is 0.360 e. The summed E-state index contributed by atoms with van der Waals surface area (Å²) in [5, 5.41) is 6.69. The van der Waals surface area contributed by atoms with Gasteiger partial charge in [-0.3, -0.25) is 9.97 Å². The summed E-state index contributed by atoms with van der Waals surface area (Å²) in [5.41, 5.74) is 0.833. The lowest BCUT2D eigenvalue weighted by molar-refractivity contribution is 0.415. The Balaban J connectivity index is 1.73. The zero-order valence-corrected chi connectivity index (χ0v) is 13.0. The van der Waals surface area contributed by atoms with Gasteiger partial charge in [-0.15, -0.1) is 0 Å². The molecule has 6 nitrogen and oxygen atoms in total. The minimum Gasteiger partial charge on any atom is -0.360 e. The Labute approximate surface area is 130 Å². The van der Waals surface area contributed by atoms with Crippen LogP contribution in [0.4, 0.5) is 5.69 Å². The summed E-state index contributed by atoms with van der Waals surface area (Å²) in [4.78, 5) is 20.8. The number of anilines is 1. The number of hydrogen-bond acceptors (Lipinski definition) is 4. The molecule has 0 radical (unpaired) electrons. The topological polar surface area (TPSA) is 77.7 Å². The summed E-state index contributed by atoms with van der Waals surface area (Å²) in [6.07, 6.45) is 7.37. The lowest BCUT2D eigenvalue weighted by Gasteiger charge is -2.28. The molecule has 1 saturated heterocycles. The minimum atomic E-state index is -0.237. The van der Waals surface area contributed by atoms with E-state index in [1.807, 2.05) is 6.20 Å². The van der Waals surface area contributed by atoms with Crippen LogP contribution in [0.3, 0.4) is 0 Å². The lowest BCUT2D eigenvalue weighted by Crippen LogP contribution is -2.27. The van der Waals surface area contributed by atoms with Crippen LogP contribution in [0.15, 0.2) is 27.7 Å². The average molecular weight is 350 g/mol. The van der Waals surface area contributed by atoms with E-state index in [1.54, 1.807) is 6.20 Å². The van der Waals surface area contributed by atoms with Gasteiger partial charge in [-0.1, -0.05) is 0 Å². The van der Waals surface area contributed by atoms with Crippen LogP contribution in [0.1, 0.15) is 31.1 Å². The number of nitrogens with one attached hydrogen (secondary N) is 2. The Morgan fingerprint density at radius 1 is 1.29 bits per heavy atom. The molecule has 2 unspecified atom stereocenters. The third-order valence-corrected chi connectivity index (χ3v) is 4.93. The predicted octanol–water partition coefficient (Wildman–Crippen LogP) is 2.23. The molecule has 2 fully saturated rings. The first-order chi connectivity index (χ1) is 10.2. The molecule has 1 saturated carbocycles. The van der Waals surface area contributed by atoms with Crippen LogP contribution in [0.25, 0.3) is 0 Å². The monoisotopic (exact) mass is 349 g/mol. The number of halogens is 1. The van der Waals surface area contributed by atoms with Crippen LogP contribution in [0, 0.1) is 11.8 Å². The Hall–Kier alpha value is -1.63. The molecule has 2 aromatic rings. The first-order valence-corrected chi connectivity index (χ1v) is 8.03. The second-order valence-corrected chi connectivity index (χ2v) is 6.77. The molecule has 4 rings (SSSR count). The van der Waals surface area contributed by atoms with Crippen molar-refractivity contribution in [3.63, 3.8) is 0 Å². The van der Waals surface area contributed by atoms with Crippen LogP contribution in [-0.2, 0) is 0 Å². The molecule has 7 heteroatoms. The summed E-state index contributed by atoms with van der Waals surface area (Å²) in [6, 6.07) is 2.20. The van der Waals surface area contributed by atoms with Crippen molar-refractivity contribution in [2.45, 2.75) is 25.3 Å². The molecule has 0 amide bonds. The molecular formula is C14H16BrN5O. The number of aromatic amines is 2. The van der Waals surface area contributed by atoms with Crippen molar-refractivity contribution < 1.29 is 0 Å². The van der Waals surface area contributed by atoms with Crippen molar-refractivity contribution in [1.82, 2.24) is 20.2 Å². The van der Waals surface area contributed by atoms with Crippen molar-refractivity contribution in [3.05, 3.63) is 39.2 Å². The number of hydrogen-bond donors (Lipinski definition) is 2. The Morgan fingerprint density at radius 3 is 2.81 bits per heavy atom. The number of pyridine rings is 1. The first kappa shape index (κ1) is 13.1. The number of H-pyrrole nitrogens is 2. The SMILES string of the molecule is O=c1[nH]nc(C2C(C3CC3)CCN2c2cncc(Br)c2)[nH]1. The van der Waals surface area contributed by atoms with Crippen molar-refractivity contribution in [2.75, 3.05) is 11.4 Å². The molecule has 0 aromatic carbocycles. The minimum absolute atomic E-state index is 0.132. The predicted molar refractivity (Wildman–Crippen MR) is 82.1 cm³/mol. The Kier molecular flexibility index (Phi) is 3.10. The molecule has 2 aromatic heterocycles. The quantitative estimate of drug-likeness (QED) is 0.890. The Morgan fingerprint density at radius 2 is 2.14 bits per heavy atom. The normalized spacial score (nSPS) is 25.5. The van der Waals surface area contributed by atoms with Gasteiger partial charge in [-0.25, -0.2) is 9.89 Å². The molecule has 1 aliphatic carbocycles. The van der Waals surface area contributed by atoms with Gasteiger partial charge in [0, 0.05) is 17.2 Å². The highest BCUT2D eigenvalue weighted by molar-refractivity contribution is 9.10. The average Bonchev–Trinajstić information content (AvgIpc) is 3.07. The molecule has 1 aliphatic heterocycles. The van der Waals surface area contributed by atoms with Gasteiger partial charge in [-0.2, -0.15) is 5.10 Å². The zero-order chi connectivity index (χ0) is 14.4. The van der Waals surface area contributed by atoms with Crippen molar-refractivity contribution in [2.24, 2.45) is 11.8 Å². The molecular weight excluding hydrogens is 334 g/mol. The van der Waals surface area contributed by atoms with E-state index in [0.717, 1.165) is 34.9 Å². The summed E-state index contributed by atoms with van der Waals surface area (Å²) < 4.78 is 0.962. The third kappa shape index (κ3) is 2.39. The third-order valence-electron chi connectivity index (χ3n) is 4.49. The highest BCUT2D eigenvalue weighted by Crippen LogP contribution is 2.50. The first-order valence-electron chi connectivity index (χ1n) is 7.24. The molecule has 21 heavy (non-hydrogen) atoms. The fourth-order valence-corrected chi connectivity index (χ4v) is 3.81. The molecule has 0 spiro atoms. The zero-order valence-electron chi connectivity index (χ0n) is 11.4. The van der Waals surface area contributed by atoms with Gasteiger partial charge in [0.05, 0.1) is 17.9 Å². The van der Waals surface area contributed by atoms with Crippen LogP contribution in [-0.4, -0.2) is 26.7 Å². The van der Waals surface area contributed by atoms with E-state index in [0.29, 0.717) is 5.92 Å². The van der Waals surface area contributed by atoms with E-state index in [1.165, 1.54) is 12.8 Å².